The van der Waals surface area contributed by atoms with Crippen LogP contribution in [-0.4, -0.2) is 70.3 Å². The summed E-state index contributed by atoms with van der Waals surface area (Å²) in [4.78, 5) is 39.3. The van der Waals surface area contributed by atoms with Gasteiger partial charge in [0.2, 0.25) is 11.8 Å². The molecule has 2 saturated heterocycles. The number of likely N-dealkylation sites (tertiary alicyclic amines) is 1. The number of nitrogens with zero attached hydrogens (tertiary/aromatic N) is 5. The van der Waals surface area contributed by atoms with Crippen molar-refractivity contribution in [3.63, 3.8) is 0 Å². The van der Waals surface area contributed by atoms with Gasteiger partial charge in [-0.2, -0.15) is 0 Å². The van der Waals surface area contributed by atoms with Gasteiger partial charge in [0.25, 0.3) is 0 Å². The number of carbonyl (C=O) groups excluding carboxylic acids is 2. The van der Waals surface area contributed by atoms with Crippen LogP contribution < -0.4 is 4.90 Å². The van der Waals surface area contributed by atoms with E-state index in [0.29, 0.717) is 26.1 Å². The van der Waals surface area contributed by atoms with Crippen LogP contribution in [0.2, 0.25) is 0 Å². The molecular weight excluding hydrogens is 306 g/mol. The van der Waals surface area contributed by atoms with Crippen molar-refractivity contribution in [2.24, 2.45) is 0 Å². The van der Waals surface area contributed by atoms with E-state index in [1.54, 1.807) is 23.5 Å². The zero-order valence-electron chi connectivity index (χ0n) is 14.2. The Bertz CT molecular complexity index is 572. The fourth-order valence-electron chi connectivity index (χ4n) is 3.51. The van der Waals surface area contributed by atoms with Crippen molar-refractivity contribution in [1.29, 1.82) is 0 Å². The van der Waals surface area contributed by atoms with Crippen LogP contribution >= 0.6 is 0 Å². The molecule has 7 heteroatoms. The average Bonchev–Trinajstić information content (AvgIpc) is 2.67. The molecule has 0 aliphatic carbocycles. The number of anilines is 1. The van der Waals surface area contributed by atoms with E-state index in [1.165, 1.54) is 0 Å². The third kappa shape index (κ3) is 3.49. The lowest BCUT2D eigenvalue weighted by molar-refractivity contribution is -0.147. The van der Waals surface area contributed by atoms with Gasteiger partial charge in [-0.05, 0) is 19.3 Å². The average molecular weight is 331 g/mol. The predicted molar refractivity (Wildman–Crippen MR) is 90.5 cm³/mol. The van der Waals surface area contributed by atoms with Gasteiger partial charge >= 0.3 is 0 Å². The molecule has 1 aromatic rings. The Balaban J connectivity index is 1.61. The molecule has 3 rings (SSSR count). The first-order valence-corrected chi connectivity index (χ1v) is 8.80. The molecule has 1 aromatic heterocycles. The van der Waals surface area contributed by atoms with Crippen molar-refractivity contribution < 1.29 is 9.59 Å². The summed E-state index contributed by atoms with van der Waals surface area (Å²) in [5.41, 5.74) is 0. The number of hydrogen-bond acceptors (Lipinski definition) is 5. The summed E-state index contributed by atoms with van der Waals surface area (Å²) in [5, 5.41) is 0. The first-order valence-electron chi connectivity index (χ1n) is 8.80. The van der Waals surface area contributed by atoms with E-state index in [0.717, 1.165) is 38.2 Å². The van der Waals surface area contributed by atoms with Crippen LogP contribution in [0.1, 0.15) is 32.6 Å². The molecule has 0 aromatic carbocycles. The number of piperidine rings is 1. The van der Waals surface area contributed by atoms with E-state index in [9.17, 15) is 9.59 Å². The highest BCUT2D eigenvalue weighted by molar-refractivity contribution is 5.88. The molecule has 2 amide bonds. The Morgan fingerprint density at radius 1 is 1.12 bits per heavy atom. The largest absolute Gasteiger partial charge is 0.352 e. The molecule has 3 heterocycles. The second-order valence-corrected chi connectivity index (χ2v) is 6.33. The Kier molecular flexibility index (Phi) is 5.27. The van der Waals surface area contributed by atoms with Gasteiger partial charge in [-0.1, -0.05) is 6.92 Å². The number of aromatic nitrogens is 2. The number of piperazine rings is 1. The fourth-order valence-corrected chi connectivity index (χ4v) is 3.51. The highest BCUT2D eigenvalue weighted by Crippen LogP contribution is 2.21. The maximum absolute atomic E-state index is 12.9. The normalized spacial score (nSPS) is 21.7. The highest BCUT2D eigenvalue weighted by atomic mass is 16.2. The van der Waals surface area contributed by atoms with Crippen LogP contribution in [0.15, 0.2) is 18.6 Å². The van der Waals surface area contributed by atoms with Gasteiger partial charge in [0, 0.05) is 51.5 Å². The molecule has 7 nitrogen and oxygen atoms in total. The minimum absolute atomic E-state index is 0.0891. The van der Waals surface area contributed by atoms with Gasteiger partial charge in [0.1, 0.15) is 11.9 Å². The molecule has 0 radical (unpaired) electrons. The molecule has 0 bridgehead atoms. The monoisotopic (exact) mass is 331 g/mol. The number of hydrogen-bond donors (Lipinski definition) is 0. The van der Waals surface area contributed by atoms with E-state index in [-0.39, 0.29) is 17.9 Å². The summed E-state index contributed by atoms with van der Waals surface area (Å²) in [6, 6.07) is -0.269. The van der Waals surface area contributed by atoms with E-state index in [4.69, 9.17) is 0 Å². The molecule has 130 valence electrons. The second-order valence-electron chi connectivity index (χ2n) is 6.33. The van der Waals surface area contributed by atoms with Crippen molar-refractivity contribution in [2.75, 3.05) is 37.6 Å². The first kappa shape index (κ1) is 16.7. The summed E-state index contributed by atoms with van der Waals surface area (Å²) in [6.45, 7) is 5.40. The summed E-state index contributed by atoms with van der Waals surface area (Å²) in [6.07, 6.45) is 8.35. The Morgan fingerprint density at radius 2 is 1.92 bits per heavy atom. The van der Waals surface area contributed by atoms with Crippen molar-refractivity contribution in [3.05, 3.63) is 18.6 Å². The van der Waals surface area contributed by atoms with E-state index >= 15 is 0 Å². The van der Waals surface area contributed by atoms with Gasteiger partial charge in [-0.25, -0.2) is 4.98 Å². The van der Waals surface area contributed by atoms with Crippen LogP contribution in [0.5, 0.6) is 0 Å². The lowest BCUT2D eigenvalue weighted by Gasteiger charge is -2.41. The van der Waals surface area contributed by atoms with Crippen LogP contribution in [-0.2, 0) is 9.59 Å². The van der Waals surface area contributed by atoms with Crippen molar-refractivity contribution >= 4 is 17.6 Å². The van der Waals surface area contributed by atoms with Gasteiger partial charge in [0.15, 0.2) is 0 Å². The molecule has 1 atom stereocenters. The van der Waals surface area contributed by atoms with Crippen LogP contribution in [0.3, 0.4) is 0 Å². The topological polar surface area (TPSA) is 69.6 Å². The SMILES string of the molecule is CCC(=O)N1CCCCC1C(=O)N1CCN(c2cnccn2)CC1. The Morgan fingerprint density at radius 3 is 2.58 bits per heavy atom. The minimum Gasteiger partial charge on any atom is -0.352 e. The zero-order valence-corrected chi connectivity index (χ0v) is 14.2. The third-order valence-corrected chi connectivity index (χ3v) is 4.88. The molecule has 1 unspecified atom stereocenters. The number of carbonyl (C=O) groups is 2. The van der Waals surface area contributed by atoms with Crippen molar-refractivity contribution in [2.45, 2.75) is 38.6 Å². The smallest absolute Gasteiger partial charge is 0.245 e. The highest BCUT2D eigenvalue weighted by Gasteiger charge is 2.35. The lowest BCUT2D eigenvalue weighted by atomic mass is 10.00. The fraction of sp³-hybridized carbons (Fsp3) is 0.647. The molecule has 24 heavy (non-hydrogen) atoms. The van der Waals surface area contributed by atoms with E-state index in [1.807, 2.05) is 11.8 Å². The molecule has 2 aliphatic heterocycles. The summed E-state index contributed by atoms with van der Waals surface area (Å²) in [7, 11) is 0. The first-order chi connectivity index (χ1) is 11.7. The molecule has 2 fully saturated rings. The van der Waals surface area contributed by atoms with Crippen molar-refractivity contribution in [3.8, 4) is 0 Å². The van der Waals surface area contributed by atoms with Crippen molar-refractivity contribution in [1.82, 2.24) is 19.8 Å². The van der Waals surface area contributed by atoms with Gasteiger partial charge < -0.3 is 14.7 Å². The van der Waals surface area contributed by atoms with E-state index < -0.39 is 0 Å². The van der Waals surface area contributed by atoms with Gasteiger partial charge in [0.05, 0.1) is 6.20 Å². The second kappa shape index (κ2) is 7.59. The predicted octanol–water partition coefficient (Wildman–Crippen LogP) is 0.916. The molecule has 2 aliphatic rings. The van der Waals surface area contributed by atoms with E-state index in [2.05, 4.69) is 14.9 Å². The number of rotatable bonds is 3. The van der Waals surface area contributed by atoms with Crippen LogP contribution in [0, 0.1) is 0 Å². The minimum atomic E-state index is -0.269. The molecular formula is C17H25N5O2. The summed E-state index contributed by atoms with van der Waals surface area (Å²) < 4.78 is 0. The van der Waals surface area contributed by atoms with Gasteiger partial charge in [-0.3, -0.25) is 14.6 Å². The van der Waals surface area contributed by atoms with Gasteiger partial charge in [-0.15, -0.1) is 0 Å². The molecule has 0 spiro atoms. The Labute approximate surface area is 142 Å². The van der Waals surface area contributed by atoms with Crippen LogP contribution in [0.25, 0.3) is 0 Å². The number of amides is 2. The Hall–Kier alpha value is -2.18. The summed E-state index contributed by atoms with van der Waals surface area (Å²) in [5.74, 6) is 1.05. The third-order valence-electron chi connectivity index (χ3n) is 4.88. The summed E-state index contributed by atoms with van der Waals surface area (Å²) >= 11 is 0. The molecule has 0 N–H and O–H groups in total. The van der Waals surface area contributed by atoms with Crippen LogP contribution in [0.4, 0.5) is 5.82 Å². The molecule has 0 saturated carbocycles. The maximum Gasteiger partial charge on any atom is 0.245 e. The maximum atomic E-state index is 12.9. The standard InChI is InChI=1S/C17H25N5O2/c1-2-16(23)22-8-4-3-5-14(22)17(24)21-11-9-20(10-12-21)15-13-18-6-7-19-15/h6-7,13-14H,2-5,8-12H2,1H3. The zero-order chi connectivity index (χ0) is 16.9. The quantitative estimate of drug-likeness (QED) is 0.824. The lowest BCUT2D eigenvalue weighted by Crippen LogP contribution is -2.57.